The Kier molecular flexibility index (Phi) is 6.08. The number of carbonyl (C=O) groups is 2. The second-order valence-corrected chi connectivity index (χ2v) is 9.77. The lowest BCUT2D eigenvalue weighted by Gasteiger charge is -2.15. The van der Waals surface area contributed by atoms with E-state index in [-0.39, 0.29) is 11.3 Å². The van der Waals surface area contributed by atoms with Crippen molar-refractivity contribution in [3.63, 3.8) is 0 Å². The molecule has 8 heteroatoms. The van der Waals surface area contributed by atoms with Gasteiger partial charge in [-0.25, -0.2) is 0 Å². The maximum atomic E-state index is 10.7. The molecule has 2 heterocycles. The molecule has 2 saturated heterocycles. The lowest BCUT2D eigenvalue weighted by Crippen LogP contribution is -2.36. The molecule has 0 radical (unpaired) electrons. The van der Waals surface area contributed by atoms with Crippen LogP contribution in [0.15, 0.2) is 0 Å². The molecule has 4 nitrogen and oxygen atoms in total. The lowest BCUT2D eigenvalue weighted by atomic mass is 9.95. The molecule has 0 saturated carbocycles. The van der Waals surface area contributed by atoms with Crippen molar-refractivity contribution in [3.8, 4) is 0 Å². The van der Waals surface area contributed by atoms with Crippen LogP contribution in [-0.4, -0.2) is 40.0 Å². The molecule has 2 rings (SSSR count). The third kappa shape index (κ3) is 4.18. The Morgan fingerprint density at radius 1 is 0.944 bits per heavy atom. The zero-order chi connectivity index (χ0) is 13.8. The van der Waals surface area contributed by atoms with E-state index in [1.54, 1.807) is 50.1 Å². The predicted molar refractivity (Wildman–Crippen MR) is 82.9 cm³/mol. The van der Waals surface area contributed by atoms with Crippen LogP contribution in [0.1, 0.15) is 13.8 Å². The number of amides is 1. The number of nitrogens with two attached hydrogens (primary N) is 1. The smallest absolute Gasteiger partial charge is 0.311 e. The number of hydrogen-bond donors (Lipinski definition) is 2. The molecule has 2 fully saturated rings. The van der Waals surface area contributed by atoms with Crippen molar-refractivity contribution in [3.05, 3.63) is 0 Å². The first kappa shape index (κ1) is 16.4. The molecule has 2 aliphatic heterocycles. The van der Waals surface area contributed by atoms with Gasteiger partial charge in [-0.2, -0.15) is 0 Å². The third-order valence-corrected chi connectivity index (χ3v) is 8.56. The molecule has 3 N–H and O–H groups in total. The van der Waals surface area contributed by atoms with Gasteiger partial charge in [-0.15, -0.1) is 0 Å². The molecule has 0 unspecified atom stereocenters. The minimum atomic E-state index is -0.667. The standard InChI is InChI=1S/C5H9NOS2.C5H8O2S2/c2*1-5(4(6)7)2-8-9-3-5/h2-3H2,1H3,(H2,6,7);2-3H2,1H3,(H,6,7). The molecule has 0 atom stereocenters. The number of primary amides is 1. The Labute approximate surface area is 123 Å². The van der Waals surface area contributed by atoms with Gasteiger partial charge in [-0.05, 0) is 13.8 Å². The molecule has 0 aromatic heterocycles. The average molecular weight is 328 g/mol. The van der Waals surface area contributed by atoms with E-state index in [9.17, 15) is 9.59 Å². The highest BCUT2D eigenvalue weighted by Gasteiger charge is 2.37. The van der Waals surface area contributed by atoms with Gasteiger partial charge in [0, 0.05) is 23.0 Å². The van der Waals surface area contributed by atoms with Crippen molar-refractivity contribution in [2.24, 2.45) is 16.6 Å². The number of carboxylic acid groups (broad SMARTS) is 1. The topological polar surface area (TPSA) is 80.4 Å². The number of aliphatic carboxylic acids is 1. The first-order valence-electron chi connectivity index (χ1n) is 5.32. The molecule has 0 bridgehead atoms. The largest absolute Gasteiger partial charge is 0.481 e. The number of carbonyl (C=O) groups excluding carboxylic acids is 1. The van der Waals surface area contributed by atoms with Gasteiger partial charge in [0.2, 0.25) is 5.91 Å². The van der Waals surface area contributed by atoms with E-state index < -0.39 is 11.4 Å². The highest BCUT2D eigenvalue weighted by molar-refractivity contribution is 8.77. The summed E-state index contributed by atoms with van der Waals surface area (Å²) in [4.78, 5) is 21.2. The minimum Gasteiger partial charge on any atom is -0.481 e. The van der Waals surface area contributed by atoms with Crippen molar-refractivity contribution < 1.29 is 14.7 Å². The quantitative estimate of drug-likeness (QED) is 0.753. The summed E-state index contributed by atoms with van der Waals surface area (Å²) >= 11 is 0. The predicted octanol–water partition coefficient (Wildman–Crippen LogP) is 2.35. The fourth-order valence-corrected chi connectivity index (χ4v) is 7.73. The minimum absolute atomic E-state index is 0.167. The van der Waals surface area contributed by atoms with Gasteiger partial charge >= 0.3 is 5.97 Å². The Balaban J connectivity index is 0.000000180. The normalized spacial score (nSPS) is 24.1. The van der Waals surface area contributed by atoms with E-state index in [1.165, 1.54) is 0 Å². The molecule has 2 aliphatic rings. The first-order chi connectivity index (χ1) is 8.30. The van der Waals surface area contributed by atoms with Crippen LogP contribution in [0.3, 0.4) is 0 Å². The van der Waals surface area contributed by atoms with Gasteiger partial charge in [0.05, 0.1) is 10.8 Å². The van der Waals surface area contributed by atoms with Gasteiger partial charge in [0.1, 0.15) is 0 Å². The van der Waals surface area contributed by atoms with E-state index in [0.29, 0.717) is 0 Å². The molecular weight excluding hydrogens is 310 g/mol. The van der Waals surface area contributed by atoms with E-state index in [1.807, 2.05) is 6.92 Å². The van der Waals surface area contributed by atoms with E-state index in [0.717, 1.165) is 23.0 Å². The second kappa shape index (κ2) is 6.67. The van der Waals surface area contributed by atoms with Crippen LogP contribution in [0.2, 0.25) is 0 Å². The third-order valence-electron chi connectivity index (χ3n) is 2.79. The molecule has 0 aromatic carbocycles. The van der Waals surface area contributed by atoms with Crippen LogP contribution in [0, 0.1) is 10.8 Å². The summed E-state index contributed by atoms with van der Waals surface area (Å²) in [7, 11) is 6.74. The summed E-state index contributed by atoms with van der Waals surface area (Å²) < 4.78 is 0. The maximum absolute atomic E-state index is 10.7. The van der Waals surface area contributed by atoms with E-state index >= 15 is 0 Å². The van der Waals surface area contributed by atoms with Crippen LogP contribution in [0.25, 0.3) is 0 Å². The monoisotopic (exact) mass is 327 g/mol. The molecule has 0 spiro atoms. The molecule has 0 aromatic rings. The van der Waals surface area contributed by atoms with Crippen molar-refractivity contribution in [2.45, 2.75) is 13.8 Å². The Morgan fingerprint density at radius 3 is 1.44 bits per heavy atom. The zero-order valence-corrected chi connectivity index (χ0v) is 13.6. The molecule has 1 amide bonds. The summed E-state index contributed by atoms with van der Waals surface area (Å²) in [5.74, 6) is 2.39. The lowest BCUT2D eigenvalue weighted by molar-refractivity contribution is -0.145. The Hall–Kier alpha value is 0.340. The van der Waals surface area contributed by atoms with Gasteiger partial charge in [0.15, 0.2) is 0 Å². The maximum Gasteiger partial charge on any atom is 0.311 e. The second-order valence-electron chi connectivity index (χ2n) is 4.84. The molecule has 104 valence electrons. The highest BCUT2D eigenvalue weighted by Crippen LogP contribution is 2.43. The van der Waals surface area contributed by atoms with Crippen LogP contribution in [0.4, 0.5) is 0 Å². The van der Waals surface area contributed by atoms with E-state index in [2.05, 4.69) is 0 Å². The highest BCUT2D eigenvalue weighted by atomic mass is 33.1. The number of hydrogen-bond acceptors (Lipinski definition) is 6. The van der Waals surface area contributed by atoms with Gasteiger partial charge in [0.25, 0.3) is 0 Å². The van der Waals surface area contributed by atoms with Crippen LogP contribution in [-0.2, 0) is 9.59 Å². The van der Waals surface area contributed by atoms with Crippen LogP contribution in [0.5, 0.6) is 0 Å². The summed E-state index contributed by atoms with van der Waals surface area (Å²) in [6, 6.07) is 0. The van der Waals surface area contributed by atoms with Crippen LogP contribution >= 0.6 is 43.2 Å². The van der Waals surface area contributed by atoms with Gasteiger partial charge in [-0.1, -0.05) is 43.2 Å². The summed E-state index contributed by atoms with van der Waals surface area (Å²) in [6.45, 7) is 3.71. The Bertz CT molecular complexity index is 293. The molecular formula is C10H17NO3S4. The summed E-state index contributed by atoms with van der Waals surface area (Å²) in [5.41, 5.74) is 4.46. The summed E-state index contributed by atoms with van der Waals surface area (Å²) in [5, 5.41) is 8.65. The van der Waals surface area contributed by atoms with Crippen molar-refractivity contribution in [1.82, 2.24) is 0 Å². The number of carboxylic acids is 1. The van der Waals surface area contributed by atoms with Crippen LogP contribution < -0.4 is 5.73 Å². The molecule has 18 heavy (non-hydrogen) atoms. The number of rotatable bonds is 2. The Morgan fingerprint density at radius 2 is 1.28 bits per heavy atom. The van der Waals surface area contributed by atoms with Crippen molar-refractivity contribution in [1.29, 1.82) is 0 Å². The van der Waals surface area contributed by atoms with Gasteiger partial charge in [-0.3, -0.25) is 9.59 Å². The fourth-order valence-electron chi connectivity index (χ4n) is 1.04. The average Bonchev–Trinajstić information content (AvgIpc) is 2.90. The van der Waals surface area contributed by atoms with Crippen molar-refractivity contribution in [2.75, 3.05) is 23.0 Å². The SMILES string of the molecule is CC1(C(=O)O)CSSC1.CC1(C(N)=O)CSSC1. The molecule has 0 aliphatic carbocycles. The summed E-state index contributed by atoms with van der Waals surface area (Å²) in [6.07, 6.45) is 0. The van der Waals surface area contributed by atoms with E-state index in [4.69, 9.17) is 10.8 Å². The zero-order valence-electron chi connectivity index (χ0n) is 10.3. The van der Waals surface area contributed by atoms with Gasteiger partial charge < -0.3 is 10.8 Å². The first-order valence-corrected chi connectivity index (χ1v) is 10.3. The van der Waals surface area contributed by atoms with Crippen molar-refractivity contribution >= 4 is 55.1 Å². The fraction of sp³-hybridized carbons (Fsp3) is 0.800.